The van der Waals surface area contributed by atoms with Gasteiger partial charge in [-0.15, -0.1) is 0 Å². The van der Waals surface area contributed by atoms with Crippen molar-refractivity contribution < 1.29 is 19.1 Å². The molecule has 15 heavy (non-hydrogen) atoms. The average molecular weight is 213 g/mol. The van der Waals surface area contributed by atoms with Crippen LogP contribution in [0, 0.1) is 0 Å². The Morgan fingerprint density at radius 1 is 1.53 bits per heavy atom. The van der Waals surface area contributed by atoms with Gasteiger partial charge < -0.3 is 14.4 Å². The molecule has 0 N–H and O–H groups in total. The molecule has 0 aromatic heterocycles. The van der Waals surface area contributed by atoms with Gasteiger partial charge in [-0.3, -0.25) is 0 Å². The number of nitrogens with zero attached hydrogens (tertiary/aromatic N) is 1. The number of methoxy groups -OCH3 is 1. The van der Waals surface area contributed by atoms with Crippen molar-refractivity contribution in [3.63, 3.8) is 0 Å². The van der Waals surface area contributed by atoms with Crippen LogP contribution >= 0.6 is 0 Å². The summed E-state index contributed by atoms with van der Waals surface area (Å²) in [6.07, 6.45) is 1.79. The normalized spacial score (nSPS) is 18.0. The molecule has 0 aromatic carbocycles. The summed E-state index contributed by atoms with van der Waals surface area (Å²) in [7, 11) is 1.34. The third-order valence-corrected chi connectivity index (χ3v) is 2.14. The first kappa shape index (κ1) is 11.6. The Kier molecular flexibility index (Phi) is 4.15. The lowest BCUT2D eigenvalue weighted by atomic mass is 10.2. The van der Waals surface area contributed by atoms with Gasteiger partial charge in [0.05, 0.1) is 13.7 Å². The lowest BCUT2D eigenvalue weighted by Crippen LogP contribution is -2.27. The summed E-state index contributed by atoms with van der Waals surface area (Å²) in [5.41, 5.74) is 0.902. The molecule has 0 radical (unpaired) electrons. The van der Waals surface area contributed by atoms with E-state index in [2.05, 4.69) is 4.74 Å². The highest BCUT2D eigenvalue weighted by molar-refractivity contribution is 5.83. The zero-order chi connectivity index (χ0) is 11.3. The van der Waals surface area contributed by atoms with Crippen molar-refractivity contribution in [2.45, 2.75) is 13.3 Å². The van der Waals surface area contributed by atoms with Gasteiger partial charge in [0.25, 0.3) is 0 Å². The van der Waals surface area contributed by atoms with E-state index < -0.39 is 0 Å². The van der Waals surface area contributed by atoms with Gasteiger partial charge in [-0.25, -0.2) is 9.59 Å². The molecular formula is C10H15NO4. The fourth-order valence-electron chi connectivity index (χ4n) is 1.44. The van der Waals surface area contributed by atoms with E-state index in [9.17, 15) is 9.59 Å². The van der Waals surface area contributed by atoms with Gasteiger partial charge in [0.15, 0.2) is 0 Å². The van der Waals surface area contributed by atoms with E-state index in [1.165, 1.54) is 13.2 Å². The molecule has 5 heteroatoms. The van der Waals surface area contributed by atoms with Gasteiger partial charge in [-0.1, -0.05) is 0 Å². The molecule has 0 saturated carbocycles. The SMILES string of the molecule is CCOC(=O)/C=C1/CCN(C(=O)OC)C1. The average Bonchev–Trinajstić information content (AvgIpc) is 2.65. The number of esters is 1. The number of carbonyl (C=O) groups excluding carboxylic acids is 2. The van der Waals surface area contributed by atoms with Gasteiger partial charge in [-0.05, 0) is 18.9 Å². The Hall–Kier alpha value is -1.52. The molecule has 1 heterocycles. The topological polar surface area (TPSA) is 55.8 Å². The summed E-state index contributed by atoms with van der Waals surface area (Å²) in [4.78, 5) is 23.8. The molecule has 1 rings (SSSR count). The van der Waals surface area contributed by atoms with Gasteiger partial charge in [0.2, 0.25) is 0 Å². The maximum absolute atomic E-state index is 11.1. The molecule has 0 aliphatic carbocycles. The highest BCUT2D eigenvalue weighted by Crippen LogP contribution is 2.15. The predicted octanol–water partition coefficient (Wildman–Crippen LogP) is 0.948. The van der Waals surface area contributed by atoms with Gasteiger partial charge in [-0.2, -0.15) is 0 Å². The van der Waals surface area contributed by atoms with E-state index in [1.54, 1.807) is 11.8 Å². The second kappa shape index (κ2) is 5.38. The maximum atomic E-state index is 11.1. The first-order valence-corrected chi connectivity index (χ1v) is 4.86. The van der Waals surface area contributed by atoms with Crippen LogP contribution in [0.1, 0.15) is 13.3 Å². The van der Waals surface area contributed by atoms with Crippen LogP contribution in [0.4, 0.5) is 4.79 Å². The molecule has 1 amide bonds. The van der Waals surface area contributed by atoms with E-state index in [0.29, 0.717) is 26.1 Å². The standard InChI is InChI=1S/C10H15NO4/c1-3-15-9(12)6-8-4-5-11(7-8)10(13)14-2/h6H,3-5,7H2,1-2H3/b8-6-. The Bertz CT molecular complexity index is 285. The summed E-state index contributed by atoms with van der Waals surface area (Å²) in [6.45, 7) is 3.17. The van der Waals surface area contributed by atoms with Crippen molar-refractivity contribution in [2.24, 2.45) is 0 Å². The zero-order valence-electron chi connectivity index (χ0n) is 8.99. The van der Waals surface area contributed by atoms with Crippen LogP contribution in [-0.4, -0.2) is 43.8 Å². The smallest absolute Gasteiger partial charge is 0.409 e. The van der Waals surface area contributed by atoms with Crippen LogP contribution in [0.3, 0.4) is 0 Å². The molecule has 0 spiro atoms. The van der Waals surface area contributed by atoms with Crippen molar-refractivity contribution in [3.05, 3.63) is 11.6 Å². The second-order valence-corrected chi connectivity index (χ2v) is 3.20. The summed E-state index contributed by atoms with van der Waals surface area (Å²) >= 11 is 0. The summed E-state index contributed by atoms with van der Waals surface area (Å²) in [6, 6.07) is 0. The van der Waals surface area contributed by atoms with E-state index in [1.807, 2.05) is 0 Å². The maximum Gasteiger partial charge on any atom is 0.409 e. The number of hydrogen-bond donors (Lipinski definition) is 0. The third kappa shape index (κ3) is 3.27. The first-order chi connectivity index (χ1) is 7.17. The van der Waals surface area contributed by atoms with Crippen molar-refractivity contribution >= 4 is 12.1 Å². The molecule has 0 bridgehead atoms. The number of rotatable bonds is 2. The Morgan fingerprint density at radius 3 is 2.87 bits per heavy atom. The Balaban J connectivity index is 2.48. The van der Waals surface area contributed by atoms with E-state index in [0.717, 1.165) is 5.57 Å². The molecule has 0 atom stereocenters. The van der Waals surface area contributed by atoms with Gasteiger partial charge in [0.1, 0.15) is 0 Å². The monoisotopic (exact) mass is 213 g/mol. The molecule has 1 fully saturated rings. The molecule has 5 nitrogen and oxygen atoms in total. The largest absolute Gasteiger partial charge is 0.463 e. The Labute approximate surface area is 88.6 Å². The lowest BCUT2D eigenvalue weighted by molar-refractivity contribution is -0.137. The number of amides is 1. The van der Waals surface area contributed by atoms with Gasteiger partial charge >= 0.3 is 12.1 Å². The fourth-order valence-corrected chi connectivity index (χ4v) is 1.44. The van der Waals surface area contributed by atoms with Gasteiger partial charge in [0, 0.05) is 19.2 Å². The summed E-state index contributed by atoms with van der Waals surface area (Å²) in [5.74, 6) is -0.348. The molecule has 1 aliphatic heterocycles. The predicted molar refractivity (Wildman–Crippen MR) is 53.3 cm³/mol. The molecule has 0 aromatic rings. The van der Waals surface area contributed by atoms with E-state index >= 15 is 0 Å². The van der Waals surface area contributed by atoms with E-state index in [-0.39, 0.29) is 12.1 Å². The van der Waals surface area contributed by atoms with Crippen LogP contribution in [0.5, 0.6) is 0 Å². The van der Waals surface area contributed by atoms with Crippen molar-refractivity contribution in [3.8, 4) is 0 Å². The lowest BCUT2D eigenvalue weighted by Gasteiger charge is -2.11. The van der Waals surface area contributed by atoms with Crippen LogP contribution < -0.4 is 0 Å². The van der Waals surface area contributed by atoms with Crippen LogP contribution in [0.2, 0.25) is 0 Å². The van der Waals surface area contributed by atoms with Crippen LogP contribution in [0.25, 0.3) is 0 Å². The number of hydrogen-bond acceptors (Lipinski definition) is 4. The quantitative estimate of drug-likeness (QED) is 0.506. The van der Waals surface area contributed by atoms with Crippen molar-refractivity contribution in [1.82, 2.24) is 4.90 Å². The van der Waals surface area contributed by atoms with Crippen LogP contribution in [-0.2, 0) is 14.3 Å². The minimum atomic E-state index is -0.359. The second-order valence-electron chi connectivity index (χ2n) is 3.20. The molecule has 0 unspecified atom stereocenters. The molecular weight excluding hydrogens is 198 g/mol. The van der Waals surface area contributed by atoms with Crippen molar-refractivity contribution in [1.29, 1.82) is 0 Å². The van der Waals surface area contributed by atoms with Crippen molar-refractivity contribution in [2.75, 3.05) is 26.8 Å². The molecule has 84 valence electrons. The number of likely N-dealkylation sites (tertiary alicyclic amines) is 1. The van der Waals surface area contributed by atoms with E-state index in [4.69, 9.17) is 4.74 Å². The minimum Gasteiger partial charge on any atom is -0.463 e. The van der Waals surface area contributed by atoms with Crippen LogP contribution in [0.15, 0.2) is 11.6 Å². The fraction of sp³-hybridized carbons (Fsp3) is 0.600. The number of carbonyl (C=O) groups is 2. The molecule has 1 aliphatic rings. The third-order valence-electron chi connectivity index (χ3n) is 2.14. The zero-order valence-corrected chi connectivity index (χ0v) is 8.99. The molecule has 1 saturated heterocycles. The Morgan fingerprint density at radius 2 is 2.27 bits per heavy atom. The minimum absolute atomic E-state index is 0.348. The highest BCUT2D eigenvalue weighted by Gasteiger charge is 2.22. The number of ether oxygens (including phenoxy) is 2. The summed E-state index contributed by atoms with van der Waals surface area (Å²) in [5, 5.41) is 0. The highest BCUT2D eigenvalue weighted by atomic mass is 16.5. The summed E-state index contributed by atoms with van der Waals surface area (Å²) < 4.78 is 9.35. The first-order valence-electron chi connectivity index (χ1n) is 4.86.